The van der Waals surface area contributed by atoms with Gasteiger partial charge in [-0.05, 0) is 25.3 Å². The van der Waals surface area contributed by atoms with Crippen LogP contribution in [0.2, 0.25) is 0 Å². The summed E-state index contributed by atoms with van der Waals surface area (Å²) in [7, 11) is 0. The Morgan fingerprint density at radius 2 is 1.83 bits per heavy atom. The second-order valence-electron chi connectivity index (χ2n) is 8.61. The third-order valence-electron chi connectivity index (χ3n) is 6.29. The van der Waals surface area contributed by atoms with Gasteiger partial charge in [0.05, 0.1) is 0 Å². The maximum Gasteiger partial charge on any atom is 0.223 e. The molecule has 1 aliphatic heterocycles. The molecule has 1 saturated heterocycles. The van der Waals surface area contributed by atoms with Gasteiger partial charge < -0.3 is 10.2 Å². The Morgan fingerprint density at radius 3 is 2.57 bits per heavy atom. The maximum absolute atomic E-state index is 12.3. The van der Waals surface area contributed by atoms with Gasteiger partial charge in [0.2, 0.25) is 11.0 Å². The average molecular weight is 428 g/mol. The normalized spacial score (nSPS) is 18.5. The first-order chi connectivity index (χ1) is 14.7. The van der Waals surface area contributed by atoms with Gasteiger partial charge in [-0.15, -0.1) is 0 Å². The lowest BCUT2D eigenvalue weighted by molar-refractivity contribution is -0.125. The number of hydrogen-bond acceptors (Lipinski definition) is 6. The smallest absolute Gasteiger partial charge is 0.223 e. The van der Waals surface area contributed by atoms with Crippen LogP contribution < -0.4 is 10.2 Å². The Morgan fingerprint density at radius 1 is 1.10 bits per heavy atom. The number of amides is 1. The number of piperazine rings is 1. The second-order valence-corrected chi connectivity index (χ2v) is 9.34. The number of nitrogens with zero attached hydrogens (tertiary/aromatic N) is 4. The Kier molecular flexibility index (Phi) is 7.33. The first kappa shape index (κ1) is 21.2. The van der Waals surface area contributed by atoms with Gasteiger partial charge in [0.15, 0.2) is 0 Å². The van der Waals surface area contributed by atoms with E-state index >= 15 is 0 Å². The van der Waals surface area contributed by atoms with Crippen molar-refractivity contribution in [3.63, 3.8) is 0 Å². The highest BCUT2D eigenvalue weighted by Crippen LogP contribution is 2.23. The molecule has 2 aromatic rings. The van der Waals surface area contributed by atoms with E-state index in [-0.39, 0.29) is 11.8 Å². The molecule has 0 bridgehead atoms. The molecule has 2 aliphatic rings. The lowest BCUT2D eigenvalue weighted by Gasteiger charge is -2.34. The summed E-state index contributed by atoms with van der Waals surface area (Å²) in [5.41, 5.74) is 2.53. The van der Waals surface area contributed by atoms with Crippen LogP contribution >= 0.6 is 11.5 Å². The van der Waals surface area contributed by atoms with Crippen LogP contribution in [0.5, 0.6) is 0 Å². The molecule has 2 fully saturated rings. The van der Waals surface area contributed by atoms with Crippen molar-refractivity contribution in [3.05, 3.63) is 41.2 Å². The molecule has 1 aromatic carbocycles. The molecular formula is C23H33N5OS. The molecule has 0 radical (unpaired) electrons. The van der Waals surface area contributed by atoms with Crippen molar-refractivity contribution in [3.8, 4) is 0 Å². The van der Waals surface area contributed by atoms with E-state index < -0.39 is 0 Å². The predicted molar refractivity (Wildman–Crippen MR) is 122 cm³/mol. The van der Waals surface area contributed by atoms with Crippen molar-refractivity contribution in [2.24, 2.45) is 5.92 Å². The number of rotatable bonds is 7. The first-order valence-electron chi connectivity index (χ1n) is 11.3. The van der Waals surface area contributed by atoms with E-state index in [0.29, 0.717) is 0 Å². The monoisotopic (exact) mass is 427 g/mol. The molecule has 1 aromatic heterocycles. The molecule has 0 unspecified atom stereocenters. The van der Waals surface area contributed by atoms with Gasteiger partial charge >= 0.3 is 0 Å². The van der Waals surface area contributed by atoms with E-state index in [2.05, 4.69) is 50.7 Å². The van der Waals surface area contributed by atoms with E-state index in [1.807, 2.05) is 0 Å². The van der Waals surface area contributed by atoms with E-state index in [9.17, 15) is 4.79 Å². The third kappa shape index (κ3) is 5.79. The molecule has 1 aliphatic carbocycles. The van der Waals surface area contributed by atoms with Crippen LogP contribution in [0.1, 0.15) is 49.1 Å². The van der Waals surface area contributed by atoms with Gasteiger partial charge in [-0.2, -0.15) is 4.37 Å². The lowest BCUT2D eigenvalue weighted by atomic mass is 9.89. The van der Waals surface area contributed by atoms with Crippen molar-refractivity contribution < 1.29 is 4.79 Å². The van der Waals surface area contributed by atoms with Crippen LogP contribution in [-0.2, 0) is 11.2 Å². The van der Waals surface area contributed by atoms with E-state index in [1.54, 1.807) is 0 Å². The summed E-state index contributed by atoms with van der Waals surface area (Å²) in [5, 5.41) is 4.19. The van der Waals surface area contributed by atoms with Gasteiger partial charge in [-0.25, -0.2) is 4.98 Å². The number of carbonyl (C=O) groups is 1. The summed E-state index contributed by atoms with van der Waals surface area (Å²) in [5.74, 6) is 1.43. The Labute approximate surface area is 183 Å². The van der Waals surface area contributed by atoms with Crippen LogP contribution in [-0.4, -0.2) is 59.4 Å². The van der Waals surface area contributed by atoms with Crippen molar-refractivity contribution in [2.75, 3.05) is 44.2 Å². The first-order valence-corrected chi connectivity index (χ1v) is 12.1. The number of aromatic nitrogens is 2. The minimum atomic E-state index is 0.252. The van der Waals surface area contributed by atoms with Gasteiger partial charge in [-0.1, -0.05) is 49.1 Å². The van der Waals surface area contributed by atoms with Crippen LogP contribution in [0.4, 0.5) is 5.13 Å². The molecule has 1 N–H and O–H groups in total. The van der Waals surface area contributed by atoms with Gasteiger partial charge in [0, 0.05) is 63.1 Å². The zero-order valence-electron chi connectivity index (χ0n) is 18.0. The minimum absolute atomic E-state index is 0.252. The molecule has 0 spiro atoms. The van der Waals surface area contributed by atoms with E-state index in [4.69, 9.17) is 4.98 Å². The highest BCUT2D eigenvalue weighted by molar-refractivity contribution is 7.09. The number of carbonyl (C=O) groups excluding carboxylic acids is 1. The number of benzene rings is 1. The Bertz CT molecular complexity index is 807. The molecule has 0 atom stereocenters. The zero-order valence-corrected chi connectivity index (χ0v) is 18.8. The van der Waals surface area contributed by atoms with E-state index in [1.165, 1.54) is 41.9 Å². The molecule has 2 heterocycles. The summed E-state index contributed by atoms with van der Waals surface area (Å²) in [6.45, 7) is 7.74. The number of anilines is 1. The second kappa shape index (κ2) is 10.4. The molecule has 1 saturated carbocycles. The maximum atomic E-state index is 12.3. The van der Waals surface area contributed by atoms with Crippen LogP contribution in [0, 0.1) is 12.8 Å². The van der Waals surface area contributed by atoms with E-state index in [0.717, 1.165) is 69.5 Å². The van der Waals surface area contributed by atoms with Crippen LogP contribution in [0.25, 0.3) is 0 Å². The van der Waals surface area contributed by atoms with Crippen molar-refractivity contribution in [2.45, 2.75) is 45.4 Å². The lowest BCUT2D eigenvalue weighted by Crippen LogP contribution is -2.48. The molecule has 30 heavy (non-hydrogen) atoms. The summed E-state index contributed by atoms with van der Waals surface area (Å²) in [6, 6.07) is 8.59. The van der Waals surface area contributed by atoms with Gasteiger partial charge in [0.1, 0.15) is 5.82 Å². The van der Waals surface area contributed by atoms with Gasteiger partial charge in [-0.3, -0.25) is 9.69 Å². The summed E-state index contributed by atoms with van der Waals surface area (Å²) < 4.78 is 4.57. The Hall–Kier alpha value is -1.99. The molecule has 4 rings (SSSR count). The molecule has 162 valence electrons. The molecule has 6 nitrogen and oxygen atoms in total. The Balaban J connectivity index is 1.18. The molecule has 1 amide bonds. The molecular weight excluding hydrogens is 394 g/mol. The van der Waals surface area contributed by atoms with Gasteiger partial charge in [0.25, 0.3) is 0 Å². The molecule has 7 heteroatoms. The summed E-state index contributed by atoms with van der Waals surface area (Å²) in [4.78, 5) is 21.8. The largest absolute Gasteiger partial charge is 0.355 e. The quantitative estimate of drug-likeness (QED) is 0.735. The third-order valence-corrected chi connectivity index (χ3v) is 7.10. The fraction of sp³-hybridized carbons (Fsp3) is 0.609. The predicted octanol–water partition coefficient (Wildman–Crippen LogP) is 3.26. The number of nitrogens with one attached hydrogen (secondary N) is 1. The average Bonchev–Trinajstić information content (AvgIpc) is 3.25. The van der Waals surface area contributed by atoms with Crippen molar-refractivity contribution in [1.82, 2.24) is 19.6 Å². The summed E-state index contributed by atoms with van der Waals surface area (Å²) >= 11 is 1.51. The number of hydrogen-bond donors (Lipinski definition) is 1. The fourth-order valence-corrected chi connectivity index (χ4v) is 5.08. The van der Waals surface area contributed by atoms with Crippen LogP contribution in [0.15, 0.2) is 24.3 Å². The minimum Gasteiger partial charge on any atom is -0.355 e. The van der Waals surface area contributed by atoms with Crippen LogP contribution in [0.3, 0.4) is 0 Å². The summed E-state index contributed by atoms with van der Waals surface area (Å²) in [6.07, 6.45) is 6.63. The SMILES string of the molecule is Cc1ccc(Cc2nsc(N3CCN(CCNC(=O)C4CCCCC4)CC3)n2)cc1. The zero-order chi connectivity index (χ0) is 20.8. The highest BCUT2D eigenvalue weighted by atomic mass is 32.1. The van der Waals surface area contributed by atoms with Crippen molar-refractivity contribution >= 4 is 22.6 Å². The highest BCUT2D eigenvalue weighted by Gasteiger charge is 2.22. The topological polar surface area (TPSA) is 61.4 Å². The van der Waals surface area contributed by atoms with Crippen molar-refractivity contribution in [1.29, 1.82) is 0 Å². The number of aryl methyl sites for hydroxylation is 1. The standard InChI is InChI=1S/C23H33N5OS/c1-18-7-9-19(10-8-18)17-21-25-23(30-26-21)28-15-13-27(14-16-28)12-11-24-22(29)20-5-3-2-4-6-20/h7-10,20H,2-6,11-17H2,1H3,(H,24,29). The fourth-order valence-electron chi connectivity index (χ4n) is 4.34.